The second kappa shape index (κ2) is 12.8. The summed E-state index contributed by atoms with van der Waals surface area (Å²) in [6.45, 7) is 1.57. The van der Waals surface area contributed by atoms with E-state index in [4.69, 9.17) is 21.1 Å². The topological polar surface area (TPSA) is 135 Å². The first-order valence-corrected chi connectivity index (χ1v) is 16.5. The maximum absolute atomic E-state index is 14.0. The number of hydrogen-bond donors (Lipinski definition) is 2. The standard InChI is InChI=1S/C31H23BrClN3O7S2/c1-2-42-30(40)15-3-8-18(9-4-15)34-22(37)14-43-21-12-7-17(33)13-20(21)23-24-26(44-27-25(23)45-31(41)35-27)29(39)36(28(24)38)19-10-5-16(32)6-11-19/h3-13,23-24,26H,2,14H2,1H3,(H,34,37)(H,35,41)/t23-,24-,26+/m0/s1. The van der Waals surface area contributed by atoms with E-state index in [0.717, 1.165) is 27.6 Å². The van der Waals surface area contributed by atoms with E-state index < -0.39 is 47.4 Å². The Morgan fingerprint density at radius 2 is 1.76 bits per heavy atom. The molecule has 1 aromatic heterocycles. The number of esters is 1. The van der Waals surface area contributed by atoms with E-state index in [2.05, 4.69) is 26.2 Å². The van der Waals surface area contributed by atoms with Crippen molar-refractivity contribution < 1.29 is 28.7 Å². The first-order valence-electron chi connectivity index (χ1n) is 13.7. The molecule has 3 aromatic carbocycles. The largest absolute Gasteiger partial charge is 0.483 e. The number of aromatic nitrogens is 1. The van der Waals surface area contributed by atoms with Crippen LogP contribution in [0, 0.1) is 5.92 Å². The van der Waals surface area contributed by atoms with E-state index in [1.54, 1.807) is 73.7 Å². The molecule has 3 amide bonds. The third-order valence-electron chi connectivity index (χ3n) is 7.25. The smallest absolute Gasteiger partial charge is 0.338 e. The van der Waals surface area contributed by atoms with Crippen LogP contribution in [0.4, 0.5) is 11.4 Å². The second-order valence-electron chi connectivity index (χ2n) is 10.1. The molecule has 0 saturated carbocycles. The number of halogens is 2. The fourth-order valence-electron chi connectivity index (χ4n) is 5.34. The molecule has 10 nitrogen and oxygen atoms in total. The van der Waals surface area contributed by atoms with Crippen LogP contribution in [0.5, 0.6) is 5.75 Å². The molecule has 45 heavy (non-hydrogen) atoms. The summed E-state index contributed by atoms with van der Waals surface area (Å²) in [5.74, 6) is -3.08. The van der Waals surface area contributed by atoms with Crippen LogP contribution < -0.4 is 19.8 Å². The molecule has 3 heterocycles. The molecular weight excluding hydrogens is 706 g/mol. The molecule has 1 fully saturated rings. The van der Waals surface area contributed by atoms with Crippen molar-refractivity contribution in [1.82, 2.24) is 4.98 Å². The Labute approximate surface area is 278 Å². The normalized spacial score (nSPS) is 18.7. The maximum Gasteiger partial charge on any atom is 0.338 e. The van der Waals surface area contributed by atoms with Crippen LogP contribution >= 0.6 is 50.6 Å². The lowest BCUT2D eigenvalue weighted by molar-refractivity contribution is -0.122. The molecule has 2 aliphatic heterocycles. The van der Waals surface area contributed by atoms with Gasteiger partial charge in [0.25, 0.3) is 5.91 Å². The number of ether oxygens (including phenoxy) is 2. The van der Waals surface area contributed by atoms with Gasteiger partial charge in [0, 0.05) is 31.5 Å². The van der Waals surface area contributed by atoms with Gasteiger partial charge in [0.05, 0.1) is 28.8 Å². The maximum atomic E-state index is 14.0. The zero-order valence-electron chi connectivity index (χ0n) is 23.4. The molecule has 0 spiro atoms. The molecule has 1 saturated heterocycles. The minimum atomic E-state index is -0.863. The Hall–Kier alpha value is -3.91. The van der Waals surface area contributed by atoms with E-state index in [-0.39, 0.29) is 17.2 Å². The molecule has 0 aliphatic carbocycles. The number of thioether (sulfide) groups is 1. The zero-order valence-corrected chi connectivity index (χ0v) is 27.3. The summed E-state index contributed by atoms with van der Waals surface area (Å²) in [7, 11) is 0. The van der Waals surface area contributed by atoms with Crippen molar-refractivity contribution in [1.29, 1.82) is 0 Å². The van der Waals surface area contributed by atoms with E-state index >= 15 is 0 Å². The molecule has 0 bridgehead atoms. The molecule has 2 aliphatic rings. The number of amides is 3. The number of fused-ring (bicyclic) bond motifs is 2. The summed E-state index contributed by atoms with van der Waals surface area (Å²) in [5.41, 5.74) is 1.71. The van der Waals surface area contributed by atoms with Gasteiger partial charge in [-0.3, -0.25) is 19.2 Å². The van der Waals surface area contributed by atoms with Crippen molar-refractivity contribution in [3.8, 4) is 5.75 Å². The van der Waals surface area contributed by atoms with Gasteiger partial charge < -0.3 is 19.8 Å². The first kappa shape index (κ1) is 31.1. The minimum absolute atomic E-state index is 0.250. The molecule has 230 valence electrons. The van der Waals surface area contributed by atoms with E-state index in [1.807, 2.05) is 0 Å². The highest BCUT2D eigenvalue weighted by Crippen LogP contribution is 2.54. The number of hydrogen-bond acceptors (Lipinski definition) is 9. The van der Waals surface area contributed by atoms with Crippen molar-refractivity contribution in [2.45, 2.75) is 23.1 Å². The summed E-state index contributed by atoms with van der Waals surface area (Å²) in [6.07, 6.45) is 0. The highest BCUT2D eigenvalue weighted by atomic mass is 79.9. The fraction of sp³-hybridized carbons (Fsp3) is 0.194. The van der Waals surface area contributed by atoms with Crippen LogP contribution in [-0.4, -0.2) is 47.1 Å². The summed E-state index contributed by atoms with van der Waals surface area (Å²) in [5, 5.41) is 2.77. The van der Waals surface area contributed by atoms with Gasteiger partial charge in [-0.15, -0.1) is 0 Å². The molecular formula is C31H23BrClN3O7S2. The van der Waals surface area contributed by atoms with Gasteiger partial charge in [0.2, 0.25) is 11.8 Å². The average molecular weight is 729 g/mol. The van der Waals surface area contributed by atoms with Gasteiger partial charge in [0.1, 0.15) is 11.0 Å². The third kappa shape index (κ3) is 6.17. The number of carbonyl (C=O) groups excluding carboxylic acids is 4. The predicted octanol–water partition coefficient (Wildman–Crippen LogP) is 5.84. The Morgan fingerprint density at radius 1 is 1.02 bits per heavy atom. The molecule has 3 atom stereocenters. The van der Waals surface area contributed by atoms with Crippen molar-refractivity contribution in [3.05, 3.63) is 102 Å². The number of H-pyrrole nitrogens is 1. The van der Waals surface area contributed by atoms with Crippen molar-refractivity contribution in [2.75, 3.05) is 23.4 Å². The lowest BCUT2D eigenvalue weighted by atomic mass is 9.82. The number of imide groups is 1. The van der Waals surface area contributed by atoms with Gasteiger partial charge in [-0.1, -0.05) is 50.6 Å². The quantitative estimate of drug-likeness (QED) is 0.171. The van der Waals surface area contributed by atoms with Gasteiger partial charge in [-0.2, -0.15) is 0 Å². The van der Waals surface area contributed by atoms with Crippen LogP contribution in [0.15, 0.2) is 81.0 Å². The van der Waals surface area contributed by atoms with Gasteiger partial charge in [-0.05, 0) is 73.7 Å². The highest BCUT2D eigenvalue weighted by Gasteiger charge is 2.56. The lowest BCUT2D eigenvalue weighted by Crippen LogP contribution is -2.32. The highest BCUT2D eigenvalue weighted by molar-refractivity contribution is 9.10. The van der Waals surface area contributed by atoms with Gasteiger partial charge >= 0.3 is 10.8 Å². The first-order chi connectivity index (χ1) is 21.6. The number of nitrogens with one attached hydrogen (secondary N) is 2. The summed E-state index contributed by atoms with van der Waals surface area (Å²) in [6, 6.07) is 17.9. The van der Waals surface area contributed by atoms with E-state index in [9.17, 15) is 24.0 Å². The number of rotatable bonds is 8. The monoisotopic (exact) mass is 727 g/mol. The number of anilines is 2. The molecule has 6 rings (SSSR count). The summed E-state index contributed by atoms with van der Waals surface area (Å²) in [4.78, 5) is 69.3. The zero-order chi connectivity index (χ0) is 31.8. The average Bonchev–Trinajstić information content (AvgIpc) is 3.51. The van der Waals surface area contributed by atoms with Gasteiger partial charge in [-0.25, -0.2) is 9.69 Å². The second-order valence-corrected chi connectivity index (χ2v) is 13.6. The van der Waals surface area contributed by atoms with Crippen molar-refractivity contribution in [3.63, 3.8) is 0 Å². The van der Waals surface area contributed by atoms with Crippen LogP contribution in [0.25, 0.3) is 0 Å². The molecule has 0 unspecified atom stereocenters. The molecule has 4 aromatic rings. The Bertz CT molecular complexity index is 1880. The summed E-state index contributed by atoms with van der Waals surface area (Å²) >= 11 is 11.9. The van der Waals surface area contributed by atoms with Crippen LogP contribution in [0.1, 0.15) is 33.6 Å². The molecule has 0 radical (unpaired) electrons. The SMILES string of the molecule is CCOC(=O)c1ccc(NC(=O)COc2ccc(Cl)cc2[C@@H]2c3sc(=O)[nH]c3S[C@H]3C(=O)N(c4ccc(Br)cc4)C(=O)[C@@H]23)cc1. The van der Waals surface area contributed by atoms with Crippen LogP contribution in [0.2, 0.25) is 5.02 Å². The Kier molecular flexibility index (Phi) is 8.87. The van der Waals surface area contributed by atoms with Crippen LogP contribution in [0.3, 0.4) is 0 Å². The Morgan fingerprint density at radius 3 is 2.47 bits per heavy atom. The van der Waals surface area contributed by atoms with Crippen LogP contribution in [-0.2, 0) is 19.1 Å². The number of thiazole rings is 1. The van der Waals surface area contributed by atoms with Crippen molar-refractivity contribution >= 4 is 85.7 Å². The minimum Gasteiger partial charge on any atom is -0.483 e. The fourth-order valence-corrected chi connectivity index (χ4v) is 8.29. The number of benzene rings is 3. The number of nitrogens with zero attached hydrogens (tertiary/aromatic N) is 1. The lowest BCUT2D eigenvalue weighted by Gasteiger charge is -2.31. The predicted molar refractivity (Wildman–Crippen MR) is 175 cm³/mol. The summed E-state index contributed by atoms with van der Waals surface area (Å²) < 4.78 is 11.8. The molecule has 2 N–H and O–H groups in total. The van der Waals surface area contributed by atoms with E-state index in [0.29, 0.717) is 37.4 Å². The number of aromatic amines is 1. The number of carbonyl (C=O) groups is 4. The Balaban J connectivity index is 1.28. The van der Waals surface area contributed by atoms with E-state index in [1.165, 1.54) is 4.90 Å². The van der Waals surface area contributed by atoms with Gasteiger partial charge in [0.15, 0.2) is 6.61 Å². The molecule has 14 heteroatoms. The third-order valence-corrected chi connectivity index (χ3v) is 10.4. The van der Waals surface area contributed by atoms with Crippen molar-refractivity contribution in [2.24, 2.45) is 5.92 Å².